The summed E-state index contributed by atoms with van der Waals surface area (Å²) < 4.78 is 0. The zero-order valence-corrected chi connectivity index (χ0v) is 14.4. The first-order valence-corrected chi connectivity index (χ1v) is 8.49. The van der Waals surface area contributed by atoms with E-state index >= 15 is 0 Å². The molecule has 0 spiro atoms. The lowest BCUT2D eigenvalue weighted by Crippen LogP contribution is -2.35. The molecule has 4 rings (SSSR count). The van der Waals surface area contributed by atoms with Crippen molar-refractivity contribution in [3.8, 4) is 0 Å². The zero-order chi connectivity index (χ0) is 17.7. The largest absolute Gasteiger partial charge is 0.365 e. The van der Waals surface area contributed by atoms with Crippen molar-refractivity contribution >= 4 is 29.2 Å². The fourth-order valence-electron chi connectivity index (χ4n) is 3.64. The second-order valence-corrected chi connectivity index (χ2v) is 7.03. The highest BCUT2D eigenvalue weighted by atomic mass is 35.5. The Kier molecular flexibility index (Phi) is 3.68. The Balaban J connectivity index is 1.40. The molecule has 0 radical (unpaired) electrons. The molecule has 7 nitrogen and oxygen atoms in total. The van der Waals surface area contributed by atoms with E-state index in [1.807, 2.05) is 6.92 Å². The third kappa shape index (κ3) is 2.74. The highest BCUT2D eigenvalue weighted by Gasteiger charge is 2.57. The number of fused-ring (bicyclic) bond motifs is 1. The molecule has 0 unspecified atom stereocenters. The molecular weight excluding hydrogens is 342 g/mol. The highest BCUT2D eigenvalue weighted by molar-refractivity contribution is 6.31. The predicted molar refractivity (Wildman–Crippen MR) is 93.7 cm³/mol. The van der Waals surface area contributed by atoms with Gasteiger partial charge in [0.1, 0.15) is 11.5 Å². The average Bonchev–Trinajstić information content (AvgIpc) is 2.93. The number of carbonyl (C=O) groups excluding carboxylic acids is 2. The normalized spacial score (nSPS) is 24.1. The molecule has 2 amide bonds. The lowest BCUT2D eigenvalue weighted by atomic mass is 10.2. The Labute approximate surface area is 149 Å². The maximum Gasteiger partial charge on any atom is 0.267 e. The maximum absolute atomic E-state index is 12.3. The van der Waals surface area contributed by atoms with Crippen molar-refractivity contribution in [2.24, 2.45) is 17.6 Å². The van der Waals surface area contributed by atoms with E-state index in [1.54, 1.807) is 24.4 Å². The summed E-state index contributed by atoms with van der Waals surface area (Å²) in [6.45, 7) is 3.32. The molecule has 0 bridgehead atoms. The number of nitrogens with two attached hydrogens (primary N) is 1. The van der Waals surface area contributed by atoms with E-state index in [0.717, 1.165) is 18.8 Å². The molecule has 1 saturated carbocycles. The van der Waals surface area contributed by atoms with E-state index in [4.69, 9.17) is 17.3 Å². The lowest BCUT2D eigenvalue weighted by Gasteiger charge is -2.22. The second kappa shape index (κ2) is 5.77. The van der Waals surface area contributed by atoms with Crippen molar-refractivity contribution in [2.45, 2.75) is 13.0 Å². The Morgan fingerprint density at radius 3 is 2.72 bits per heavy atom. The van der Waals surface area contributed by atoms with Crippen LogP contribution in [0.1, 0.15) is 26.5 Å². The van der Waals surface area contributed by atoms with Crippen molar-refractivity contribution in [3.05, 3.63) is 46.4 Å². The number of piperidine rings is 1. The fourth-order valence-corrected chi connectivity index (χ4v) is 3.80. The summed E-state index contributed by atoms with van der Waals surface area (Å²) in [4.78, 5) is 33.2. The van der Waals surface area contributed by atoms with E-state index in [9.17, 15) is 9.59 Å². The van der Waals surface area contributed by atoms with Gasteiger partial charge in [-0.2, -0.15) is 0 Å². The van der Waals surface area contributed by atoms with Crippen LogP contribution in [-0.4, -0.2) is 40.9 Å². The minimum Gasteiger partial charge on any atom is -0.365 e. The Morgan fingerprint density at radius 1 is 1.40 bits per heavy atom. The van der Waals surface area contributed by atoms with Gasteiger partial charge < -0.3 is 20.9 Å². The van der Waals surface area contributed by atoms with Gasteiger partial charge in [-0.05, 0) is 25.1 Å². The molecule has 2 aliphatic rings. The van der Waals surface area contributed by atoms with E-state index in [1.165, 1.54) is 0 Å². The molecule has 2 aromatic heterocycles. The van der Waals surface area contributed by atoms with Crippen molar-refractivity contribution in [1.29, 1.82) is 0 Å². The predicted octanol–water partition coefficient (Wildman–Crippen LogP) is 1.34. The van der Waals surface area contributed by atoms with Gasteiger partial charge in [0, 0.05) is 42.9 Å². The van der Waals surface area contributed by atoms with Crippen LogP contribution in [-0.2, 0) is 0 Å². The molecule has 1 aliphatic heterocycles. The molecule has 8 heteroatoms. The molecule has 1 aliphatic carbocycles. The number of anilines is 1. The number of rotatable bonds is 4. The quantitative estimate of drug-likeness (QED) is 0.766. The molecule has 2 aromatic rings. The number of H-pyrrole nitrogens is 1. The summed E-state index contributed by atoms with van der Waals surface area (Å²) in [6.07, 6.45) is 1.66. The number of nitrogens with zero attached hydrogens (tertiary/aromatic N) is 2. The van der Waals surface area contributed by atoms with Crippen LogP contribution in [0.25, 0.3) is 0 Å². The van der Waals surface area contributed by atoms with E-state index in [2.05, 4.69) is 20.2 Å². The smallest absolute Gasteiger partial charge is 0.267 e. The maximum atomic E-state index is 12.3. The molecule has 1 saturated heterocycles. The number of carbonyl (C=O) groups is 2. The van der Waals surface area contributed by atoms with Crippen LogP contribution in [0.15, 0.2) is 24.4 Å². The first-order valence-electron chi connectivity index (χ1n) is 8.11. The number of aromatic amines is 1. The Morgan fingerprint density at radius 2 is 2.12 bits per heavy atom. The minimum atomic E-state index is -0.479. The molecule has 2 fully saturated rings. The Bertz CT molecular complexity index is 833. The summed E-state index contributed by atoms with van der Waals surface area (Å²) in [5, 5.41) is 3.61. The Hall–Kier alpha value is -2.54. The van der Waals surface area contributed by atoms with Crippen LogP contribution in [0.2, 0.25) is 5.02 Å². The number of amides is 2. The van der Waals surface area contributed by atoms with Crippen LogP contribution in [0.3, 0.4) is 0 Å². The van der Waals surface area contributed by atoms with Crippen molar-refractivity contribution < 1.29 is 9.59 Å². The first-order chi connectivity index (χ1) is 12.0. The van der Waals surface area contributed by atoms with Crippen molar-refractivity contribution in [2.75, 3.05) is 18.0 Å². The second-order valence-electron chi connectivity index (χ2n) is 6.63. The topological polar surface area (TPSA) is 104 Å². The SMILES string of the molecule is Cc1[nH]c(C(=O)N[C@H]2[C@@H]3CN(c4ncccc4C(N)=O)C[C@@H]32)cc1Cl. The number of halogens is 1. The zero-order valence-electron chi connectivity index (χ0n) is 13.6. The fraction of sp³-hybridized carbons (Fsp3) is 0.353. The molecule has 3 heterocycles. The summed E-state index contributed by atoms with van der Waals surface area (Å²) in [7, 11) is 0. The van der Waals surface area contributed by atoms with Gasteiger partial charge in [-0.3, -0.25) is 9.59 Å². The van der Waals surface area contributed by atoms with E-state index in [-0.39, 0.29) is 11.9 Å². The number of hydrogen-bond donors (Lipinski definition) is 3. The molecule has 130 valence electrons. The first kappa shape index (κ1) is 16.0. The number of hydrogen-bond acceptors (Lipinski definition) is 4. The van der Waals surface area contributed by atoms with Gasteiger partial charge in [-0.15, -0.1) is 0 Å². The minimum absolute atomic E-state index is 0.142. The summed E-state index contributed by atoms with van der Waals surface area (Å²) >= 11 is 5.99. The molecule has 4 N–H and O–H groups in total. The van der Waals surface area contributed by atoms with Crippen LogP contribution in [0.5, 0.6) is 0 Å². The van der Waals surface area contributed by atoms with Gasteiger partial charge in [0.2, 0.25) is 0 Å². The van der Waals surface area contributed by atoms with Crippen LogP contribution in [0, 0.1) is 18.8 Å². The third-order valence-electron chi connectivity index (χ3n) is 5.04. The molecule has 25 heavy (non-hydrogen) atoms. The number of aromatic nitrogens is 2. The average molecular weight is 360 g/mol. The number of pyridine rings is 1. The van der Waals surface area contributed by atoms with Gasteiger partial charge in [-0.1, -0.05) is 11.6 Å². The third-order valence-corrected chi connectivity index (χ3v) is 5.43. The monoisotopic (exact) mass is 359 g/mol. The number of nitrogens with one attached hydrogen (secondary N) is 2. The lowest BCUT2D eigenvalue weighted by molar-refractivity contribution is 0.0941. The van der Waals surface area contributed by atoms with Gasteiger partial charge in [-0.25, -0.2) is 4.98 Å². The molecular formula is C17H18ClN5O2. The molecule has 3 atom stereocenters. The summed E-state index contributed by atoms with van der Waals surface area (Å²) in [5.74, 6) is 0.722. The highest BCUT2D eigenvalue weighted by Crippen LogP contribution is 2.47. The standard InChI is InChI=1S/C17H18ClN5O2/c1-8-12(18)5-13(21-8)17(25)22-14-10-6-23(7-11(10)14)16-9(15(19)24)3-2-4-20-16/h2-5,10-11,14,21H,6-7H2,1H3,(H2,19,24)(H,22,25)/t10-,11+,14+. The number of primary amides is 1. The van der Waals surface area contributed by atoms with Crippen molar-refractivity contribution in [1.82, 2.24) is 15.3 Å². The van der Waals surface area contributed by atoms with Crippen LogP contribution < -0.4 is 16.0 Å². The van der Waals surface area contributed by atoms with Gasteiger partial charge >= 0.3 is 0 Å². The van der Waals surface area contributed by atoms with E-state index in [0.29, 0.717) is 33.9 Å². The molecule has 0 aromatic carbocycles. The van der Waals surface area contributed by atoms with Crippen molar-refractivity contribution in [3.63, 3.8) is 0 Å². The van der Waals surface area contributed by atoms with Gasteiger partial charge in [0.25, 0.3) is 11.8 Å². The van der Waals surface area contributed by atoms with Crippen LogP contribution >= 0.6 is 11.6 Å². The summed E-state index contributed by atoms with van der Waals surface area (Å²) in [5.41, 5.74) is 7.11. The number of aryl methyl sites for hydroxylation is 1. The van der Waals surface area contributed by atoms with Gasteiger partial charge in [0.05, 0.1) is 10.6 Å². The summed E-state index contributed by atoms with van der Waals surface area (Å²) in [6, 6.07) is 5.17. The van der Waals surface area contributed by atoms with E-state index < -0.39 is 5.91 Å². The van der Waals surface area contributed by atoms with Gasteiger partial charge in [0.15, 0.2) is 0 Å². The van der Waals surface area contributed by atoms with Crippen LogP contribution in [0.4, 0.5) is 5.82 Å².